The molecule has 1 fully saturated rings. The first-order chi connectivity index (χ1) is 9.15. The molecule has 0 saturated carbocycles. The van der Waals surface area contributed by atoms with Gasteiger partial charge in [0.2, 0.25) is 0 Å². The SMILES string of the molecule is Cc1cnc(CCN=C(N)N2CCOC(C)C2)nc1. The predicted molar refractivity (Wildman–Crippen MR) is 73.9 cm³/mol. The summed E-state index contributed by atoms with van der Waals surface area (Å²) in [5.74, 6) is 1.39. The number of aromatic nitrogens is 2. The first-order valence-electron chi connectivity index (χ1n) is 6.59. The van der Waals surface area contributed by atoms with E-state index in [-0.39, 0.29) is 6.10 Å². The third-order valence-electron chi connectivity index (χ3n) is 3.01. The van der Waals surface area contributed by atoms with Crippen LogP contribution in [0.2, 0.25) is 0 Å². The summed E-state index contributed by atoms with van der Waals surface area (Å²) in [6.45, 7) is 6.94. The van der Waals surface area contributed by atoms with Crippen molar-refractivity contribution in [2.45, 2.75) is 26.4 Å². The number of aliphatic imine (C=N–C) groups is 1. The van der Waals surface area contributed by atoms with E-state index in [2.05, 4.69) is 19.9 Å². The minimum absolute atomic E-state index is 0.211. The van der Waals surface area contributed by atoms with E-state index in [4.69, 9.17) is 10.5 Å². The average Bonchev–Trinajstić information content (AvgIpc) is 2.41. The normalized spacial score (nSPS) is 20.6. The predicted octanol–water partition coefficient (Wildman–Crippen LogP) is 0.363. The minimum atomic E-state index is 0.211. The molecule has 1 unspecified atom stereocenters. The van der Waals surface area contributed by atoms with Crippen molar-refractivity contribution in [3.63, 3.8) is 0 Å². The molecule has 1 aromatic heterocycles. The fraction of sp³-hybridized carbons (Fsp3) is 0.615. The Morgan fingerprint density at radius 1 is 1.53 bits per heavy atom. The molecule has 19 heavy (non-hydrogen) atoms. The summed E-state index contributed by atoms with van der Waals surface area (Å²) in [5, 5.41) is 0. The van der Waals surface area contributed by atoms with Crippen LogP contribution >= 0.6 is 0 Å². The summed E-state index contributed by atoms with van der Waals surface area (Å²) in [5.41, 5.74) is 7.04. The van der Waals surface area contributed by atoms with E-state index in [0.717, 1.165) is 24.5 Å². The molecule has 1 aliphatic rings. The number of rotatable bonds is 3. The molecule has 1 atom stereocenters. The Bertz CT molecular complexity index is 431. The number of aryl methyl sites for hydroxylation is 1. The van der Waals surface area contributed by atoms with Gasteiger partial charge in [0.15, 0.2) is 5.96 Å². The van der Waals surface area contributed by atoms with Crippen LogP contribution in [0, 0.1) is 6.92 Å². The van der Waals surface area contributed by atoms with Gasteiger partial charge in [-0.15, -0.1) is 0 Å². The van der Waals surface area contributed by atoms with Gasteiger partial charge >= 0.3 is 0 Å². The Morgan fingerprint density at radius 2 is 2.26 bits per heavy atom. The zero-order valence-corrected chi connectivity index (χ0v) is 11.5. The van der Waals surface area contributed by atoms with Crippen molar-refractivity contribution < 1.29 is 4.74 Å². The number of nitrogens with two attached hydrogens (primary N) is 1. The summed E-state index contributed by atoms with van der Waals surface area (Å²) < 4.78 is 5.47. The number of hydrogen-bond donors (Lipinski definition) is 1. The molecule has 2 rings (SSSR count). The van der Waals surface area contributed by atoms with Crippen LogP contribution in [0.5, 0.6) is 0 Å². The van der Waals surface area contributed by atoms with Crippen molar-refractivity contribution in [1.29, 1.82) is 0 Å². The van der Waals surface area contributed by atoms with E-state index >= 15 is 0 Å². The highest BCUT2D eigenvalue weighted by Crippen LogP contribution is 2.03. The quantitative estimate of drug-likeness (QED) is 0.629. The van der Waals surface area contributed by atoms with Crippen molar-refractivity contribution in [2.75, 3.05) is 26.2 Å². The highest BCUT2D eigenvalue weighted by atomic mass is 16.5. The van der Waals surface area contributed by atoms with Crippen LogP contribution in [-0.4, -0.2) is 53.2 Å². The molecule has 2 heterocycles. The number of ether oxygens (including phenoxy) is 1. The van der Waals surface area contributed by atoms with E-state index in [1.165, 1.54) is 0 Å². The Balaban J connectivity index is 1.82. The van der Waals surface area contributed by atoms with Gasteiger partial charge in [-0.05, 0) is 19.4 Å². The van der Waals surface area contributed by atoms with Gasteiger partial charge in [-0.2, -0.15) is 0 Å². The van der Waals surface area contributed by atoms with Crippen LogP contribution in [0.1, 0.15) is 18.3 Å². The summed E-state index contributed by atoms with van der Waals surface area (Å²) in [4.78, 5) is 14.9. The lowest BCUT2D eigenvalue weighted by atomic mass is 10.3. The smallest absolute Gasteiger partial charge is 0.191 e. The van der Waals surface area contributed by atoms with Gasteiger partial charge in [-0.3, -0.25) is 4.99 Å². The molecule has 104 valence electrons. The first-order valence-corrected chi connectivity index (χ1v) is 6.59. The van der Waals surface area contributed by atoms with Crippen LogP contribution in [0.3, 0.4) is 0 Å². The van der Waals surface area contributed by atoms with Crippen LogP contribution in [0.25, 0.3) is 0 Å². The van der Waals surface area contributed by atoms with Crippen LogP contribution in [0.4, 0.5) is 0 Å². The molecule has 2 N–H and O–H groups in total. The lowest BCUT2D eigenvalue weighted by Crippen LogP contribution is -2.47. The van der Waals surface area contributed by atoms with Crippen molar-refractivity contribution in [2.24, 2.45) is 10.7 Å². The van der Waals surface area contributed by atoms with E-state index in [0.29, 0.717) is 25.5 Å². The second-order valence-corrected chi connectivity index (χ2v) is 4.79. The van der Waals surface area contributed by atoms with Gasteiger partial charge in [0.25, 0.3) is 0 Å². The molecule has 0 radical (unpaired) electrons. The summed E-state index contributed by atoms with van der Waals surface area (Å²) in [6.07, 6.45) is 4.56. The van der Waals surface area contributed by atoms with E-state index in [1.54, 1.807) is 0 Å². The summed E-state index contributed by atoms with van der Waals surface area (Å²) >= 11 is 0. The van der Waals surface area contributed by atoms with Gasteiger partial charge in [0, 0.05) is 38.4 Å². The lowest BCUT2D eigenvalue weighted by Gasteiger charge is -2.31. The van der Waals surface area contributed by atoms with Crippen molar-refractivity contribution in [3.8, 4) is 0 Å². The second kappa shape index (κ2) is 6.47. The van der Waals surface area contributed by atoms with Crippen molar-refractivity contribution in [3.05, 3.63) is 23.8 Å². The van der Waals surface area contributed by atoms with Crippen molar-refractivity contribution in [1.82, 2.24) is 14.9 Å². The zero-order valence-electron chi connectivity index (χ0n) is 11.5. The molecule has 6 nitrogen and oxygen atoms in total. The van der Waals surface area contributed by atoms with Gasteiger partial charge in [0.05, 0.1) is 12.7 Å². The molecule has 1 aliphatic heterocycles. The molecule has 0 aromatic carbocycles. The third-order valence-corrected chi connectivity index (χ3v) is 3.01. The maximum Gasteiger partial charge on any atom is 0.191 e. The van der Waals surface area contributed by atoms with Gasteiger partial charge < -0.3 is 15.4 Å². The topological polar surface area (TPSA) is 76.6 Å². The molecule has 1 aromatic rings. The highest BCUT2D eigenvalue weighted by molar-refractivity contribution is 5.78. The van der Waals surface area contributed by atoms with Gasteiger partial charge in [0.1, 0.15) is 5.82 Å². The standard InChI is InChI=1S/C13H21N5O/c1-10-7-16-12(17-8-10)3-4-15-13(14)18-5-6-19-11(2)9-18/h7-8,11H,3-6,9H2,1-2H3,(H2,14,15). The largest absolute Gasteiger partial charge is 0.375 e. The molecular weight excluding hydrogens is 242 g/mol. The number of guanidine groups is 1. The Labute approximate surface area is 113 Å². The lowest BCUT2D eigenvalue weighted by molar-refractivity contribution is 0.00530. The Kier molecular flexibility index (Phi) is 4.68. The molecule has 1 saturated heterocycles. The molecule has 0 spiro atoms. The highest BCUT2D eigenvalue weighted by Gasteiger charge is 2.17. The van der Waals surface area contributed by atoms with E-state index in [1.807, 2.05) is 26.2 Å². The molecule has 0 amide bonds. The minimum Gasteiger partial charge on any atom is -0.375 e. The molecule has 6 heteroatoms. The fourth-order valence-corrected chi connectivity index (χ4v) is 1.95. The van der Waals surface area contributed by atoms with Crippen molar-refractivity contribution >= 4 is 5.96 Å². The first kappa shape index (κ1) is 13.7. The van der Waals surface area contributed by atoms with Crippen LogP contribution in [0.15, 0.2) is 17.4 Å². The summed E-state index contributed by atoms with van der Waals surface area (Å²) in [7, 11) is 0. The third kappa shape index (κ3) is 4.17. The fourth-order valence-electron chi connectivity index (χ4n) is 1.95. The van der Waals surface area contributed by atoms with Gasteiger partial charge in [-0.1, -0.05) is 0 Å². The molecular formula is C13H21N5O. The number of hydrogen-bond acceptors (Lipinski definition) is 4. The van der Waals surface area contributed by atoms with Crippen LogP contribution in [-0.2, 0) is 11.2 Å². The molecule has 0 aliphatic carbocycles. The van der Waals surface area contributed by atoms with E-state index < -0.39 is 0 Å². The average molecular weight is 263 g/mol. The Hall–Kier alpha value is -1.69. The second-order valence-electron chi connectivity index (χ2n) is 4.79. The monoisotopic (exact) mass is 263 g/mol. The van der Waals surface area contributed by atoms with Gasteiger partial charge in [-0.25, -0.2) is 9.97 Å². The Morgan fingerprint density at radius 3 is 2.95 bits per heavy atom. The maximum absolute atomic E-state index is 5.98. The molecule has 0 bridgehead atoms. The number of nitrogens with zero attached hydrogens (tertiary/aromatic N) is 4. The number of morpholine rings is 1. The zero-order chi connectivity index (χ0) is 13.7. The van der Waals surface area contributed by atoms with E-state index in [9.17, 15) is 0 Å². The maximum atomic E-state index is 5.98. The van der Waals surface area contributed by atoms with Crippen LogP contribution < -0.4 is 5.73 Å². The summed E-state index contributed by atoms with van der Waals surface area (Å²) in [6, 6.07) is 0.